The van der Waals surface area contributed by atoms with Crippen molar-refractivity contribution in [1.29, 1.82) is 0 Å². The van der Waals surface area contributed by atoms with Crippen molar-refractivity contribution in [3.05, 3.63) is 59.7 Å². The number of nitrogens with zero attached hydrogens (tertiary/aromatic N) is 2. The SMILES string of the molecule is CCN(CC)c1ccc(C(=O)N2C[C@H](C)O[C@@H](c3ccccc3)C2)c(O)c1. The minimum Gasteiger partial charge on any atom is -0.507 e. The molecule has 1 fully saturated rings. The van der Waals surface area contributed by atoms with Gasteiger partial charge in [0.2, 0.25) is 0 Å². The normalized spacial score (nSPS) is 19.7. The van der Waals surface area contributed by atoms with Crippen LogP contribution in [-0.2, 0) is 4.74 Å². The molecule has 0 unspecified atom stereocenters. The average Bonchev–Trinajstić information content (AvgIpc) is 2.69. The Morgan fingerprint density at radius 1 is 1.15 bits per heavy atom. The number of hydrogen-bond acceptors (Lipinski definition) is 4. The molecule has 2 aromatic carbocycles. The zero-order valence-electron chi connectivity index (χ0n) is 16.3. The van der Waals surface area contributed by atoms with Gasteiger partial charge in [-0.2, -0.15) is 0 Å². The van der Waals surface area contributed by atoms with E-state index in [9.17, 15) is 9.90 Å². The second kappa shape index (κ2) is 8.44. The fraction of sp³-hybridized carbons (Fsp3) is 0.409. The molecule has 0 radical (unpaired) electrons. The summed E-state index contributed by atoms with van der Waals surface area (Å²) in [5.74, 6) is -0.130. The van der Waals surface area contributed by atoms with Crippen LogP contribution in [0.25, 0.3) is 0 Å². The van der Waals surface area contributed by atoms with Crippen molar-refractivity contribution in [2.75, 3.05) is 31.1 Å². The Morgan fingerprint density at radius 2 is 1.85 bits per heavy atom. The number of aromatic hydroxyl groups is 1. The Balaban J connectivity index is 1.80. The van der Waals surface area contributed by atoms with Crippen molar-refractivity contribution in [3.8, 4) is 5.75 Å². The number of rotatable bonds is 5. The Kier molecular flexibility index (Phi) is 6.01. The summed E-state index contributed by atoms with van der Waals surface area (Å²) < 4.78 is 6.04. The first kappa shape index (κ1) is 19.2. The number of carbonyl (C=O) groups excluding carboxylic acids is 1. The number of carbonyl (C=O) groups is 1. The van der Waals surface area contributed by atoms with E-state index in [1.165, 1.54) is 0 Å². The molecule has 1 saturated heterocycles. The van der Waals surface area contributed by atoms with Crippen molar-refractivity contribution >= 4 is 11.6 Å². The van der Waals surface area contributed by atoms with Crippen LogP contribution in [0.3, 0.4) is 0 Å². The molecule has 0 spiro atoms. The summed E-state index contributed by atoms with van der Waals surface area (Å²) in [5.41, 5.74) is 2.32. The summed E-state index contributed by atoms with van der Waals surface area (Å²) in [5, 5.41) is 10.5. The molecule has 1 aliphatic heterocycles. The highest BCUT2D eigenvalue weighted by Gasteiger charge is 2.31. The molecule has 2 atom stereocenters. The number of phenols is 1. The quantitative estimate of drug-likeness (QED) is 0.871. The molecule has 2 aromatic rings. The summed E-state index contributed by atoms with van der Waals surface area (Å²) in [6.07, 6.45) is -0.221. The van der Waals surface area contributed by atoms with E-state index < -0.39 is 0 Å². The van der Waals surface area contributed by atoms with Crippen LogP contribution in [0.5, 0.6) is 5.75 Å². The lowest BCUT2D eigenvalue weighted by Crippen LogP contribution is -2.46. The van der Waals surface area contributed by atoms with Crippen LogP contribution in [0.4, 0.5) is 5.69 Å². The molecule has 1 N–H and O–H groups in total. The third-order valence-electron chi connectivity index (χ3n) is 5.06. The predicted molar refractivity (Wildman–Crippen MR) is 107 cm³/mol. The summed E-state index contributed by atoms with van der Waals surface area (Å²) in [6, 6.07) is 15.3. The van der Waals surface area contributed by atoms with E-state index in [4.69, 9.17) is 4.74 Å². The molecular formula is C22H28N2O3. The van der Waals surface area contributed by atoms with Gasteiger partial charge in [0.1, 0.15) is 11.9 Å². The van der Waals surface area contributed by atoms with Crippen molar-refractivity contribution in [2.45, 2.75) is 33.0 Å². The summed E-state index contributed by atoms with van der Waals surface area (Å²) in [4.78, 5) is 17.0. The van der Waals surface area contributed by atoms with Crippen LogP contribution < -0.4 is 4.90 Å². The van der Waals surface area contributed by atoms with Gasteiger partial charge in [-0.1, -0.05) is 30.3 Å². The molecule has 0 aliphatic carbocycles. The number of morpholine rings is 1. The minimum absolute atomic E-state index is 0.0276. The van der Waals surface area contributed by atoms with Crippen molar-refractivity contribution in [3.63, 3.8) is 0 Å². The Labute approximate surface area is 161 Å². The number of amides is 1. The molecule has 0 saturated carbocycles. The van der Waals surface area contributed by atoms with E-state index in [1.54, 1.807) is 17.0 Å². The zero-order chi connectivity index (χ0) is 19.4. The van der Waals surface area contributed by atoms with Crippen LogP contribution in [0.2, 0.25) is 0 Å². The highest BCUT2D eigenvalue weighted by Crippen LogP contribution is 2.29. The third-order valence-corrected chi connectivity index (χ3v) is 5.06. The number of phenolic OH excluding ortho intramolecular Hbond substituents is 1. The van der Waals surface area contributed by atoms with E-state index in [0.29, 0.717) is 18.7 Å². The molecule has 1 heterocycles. The van der Waals surface area contributed by atoms with Gasteiger partial charge in [0, 0.05) is 31.4 Å². The maximum atomic E-state index is 13.1. The maximum absolute atomic E-state index is 13.1. The lowest BCUT2D eigenvalue weighted by Gasteiger charge is -2.37. The van der Waals surface area contributed by atoms with Gasteiger partial charge in [-0.15, -0.1) is 0 Å². The monoisotopic (exact) mass is 368 g/mol. The molecule has 144 valence electrons. The van der Waals surface area contributed by atoms with Gasteiger partial charge >= 0.3 is 0 Å². The van der Waals surface area contributed by atoms with Crippen LogP contribution in [0.1, 0.15) is 42.8 Å². The smallest absolute Gasteiger partial charge is 0.257 e. The molecule has 1 amide bonds. The van der Waals surface area contributed by atoms with Crippen molar-refractivity contribution in [1.82, 2.24) is 4.90 Å². The molecule has 0 aromatic heterocycles. The fourth-order valence-corrected chi connectivity index (χ4v) is 3.63. The Hall–Kier alpha value is -2.53. The first-order chi connectivity index (χ1) is 13.0. The summed E-state index contributed by atoms with van der Waals surface area (Å²) >= 11 is 0. The van der Waals surface area contributed by atoms with Crippen LogP contribution in [0, 0.1) is 0 Å². The van der Waals surface area contributed by atoms with E-state index in [2.05, 4.69) is 18.7 Å². The van der Waals surface area contributed by atoms with Crippen molar-refractivity contribution in [2.24, 2.45) is 0 Å². The molecule has 27 heavy (non-hydrogen) atoms. The molecular weight excluding hydrogens is 340 g/mol. The summed E-state index contributed by atoms with van der Waals surface area (Å²) in [7, 11) is 0. The van der Waals surface area contributed by atoms with Gasteiger partial charge in [0.15, 0.2) is 0 Å². The highest BCUT2D eigenvalue weighted by molar-refractivity contribution is 5.97. The Bertz CT molecular complexity index is 774. The molecule has 3 rings (SSSR count). The van der Waals surface area contributed by atoms with E-state index in [0.717, 1.165) is 24.3 Å². The van der Waals surface area contributed by atoms with Gasteiger partial charge in [0.05, 0.1) is 18.2 Å². The number of hydrogen-bond donors (Lipinski definition) is 1. The first-order valence-corrected chi connectivity index (χ1v) is 9.61. The maximum Gasteiger partial charge on any atom is 0.257 e. The minimum atomic E-state index is -0.158. The predicted octanol–water partition coefficient (Wildman–Crippen LogP) is 3.84. The standard InChI is InChI=1S/C22H28N2O3/c1-4-23(5-2)18-11-12-19(20(25)13-18)22(26)24-14-16(3)27-21(15-24)17-9-7-6-8-10-17/h6-13,16,21,25H,4-5,14-15H2,1-3H3/t16-,21+/m0/s1. The number of benzene rings is 2. The molecule has 5 nitrogen and oxygen atoms in total. The van der Waals surface area contributed by atoms with Crippen LogP contribution in [0.15, 0.2) is 48.5 Å². The number of ether oxygens (including phenoxy) is 1. The van der Waals surface area contributed by atoms with E-state index in [1.807, 2.05) is 43.3 Å². The van der Waals surface area contributed by atoms with Gasteiger partial charge < -0.3 is 19.6 Å². The topological polar surface area (TPSA) is 53.0 Å². The second-order valence-electron chi connectivity index (χ2n) is 6.93. The van der Waals surface area contributed by atoms with E-state index in [-0.39, 0.29) is 23.9 Å². The Morgan fingerprint density at radius 3 is 2.48 bits per heavy atom. The van der Waals surface area contributed by atoms with Gasteiger partial charge in [-0.05, 0) is 38.5 Å². The van der Waals surface area contributed by atoms with Crippen molar-refractivity contribution < 1.29 is 14.6 Å². The fourth-order valence-electron chi connectivity index (χ4n) is 3.63. The second-order valence-corrected chi connectivity index (χ2v) is 6.93. The van der Waals surface area contributed by atoms with E-state index >= 15 is 0 Å². The van der Waals surface area contributed by atoms with Gasteiger partial charge in [0.25, 0.3) is 5.91 Å². The van der Waals surface area contributed by atoms with Gasteiger partial charge in [-0.25, -0.2) is 0 Å². The largest absolute Gasteiger partial charge is 0.507 e. The first-order valence-electron chi connectivity index (χ1n) is 9.61. The number of anilines is 1. The molecule has 1 aliphatic rings. The lowest BCUT2D eigenvalue weighted by molar-refractivity contribution is -0.0692. The van der Waals surface area contributed by atoms with Crippen LogP contribution in [-0.4, -0.2) is 48.2 Å². The van der Waals surface area contributed by atoms with Gasteiger partial charge in [-0.3, -0.25) is 4.79 Å². The zero-order valence-corrected chi connectivity index (χ0v) is 16.3. The molecule has 0 bridgehead atoms. The summed E-state index contributed by atoms with van der Waals surface area (Å²) in [6.45, 7) is 8.80. The highest BCUT2D eigenvalue weighted by atomic mass is 16.5. The molecule has 5 heteroatoms. The average molecular weight is 368 g/mol. The van der Waals surface area contributed by atoms with Crippen LogP contribution >= 0.6 is 0 Å². The third kappa shape index (κ3) is 4.25. The lowest BCUT2D eigenvalue weighted by atomic mass is 10.0.